The second-order valence-electron chi connectivity index (χ2n) is 3.60. The number of hydrogen-bond acceptors (Lipinski definition) is 3. The van der Waals surface area contributed by atoms with Crippen LogP contribution in [0.15, 0.2) is 36.9 Å². The van der Waals surface area contributed by atoms with Crippen molar-refractivity contribution in [1.29, 1.82) is 0 Å². The molecule has 0 heterocycles. The Hall–Kier alpha value is -1.97. The summed E-state index contributed by atoms with van der Waals surface area (Å²) in [4.78, 5) is 11.2. The van der Waals surface area contributed by atoms with Crippen LogP contribution in [0.1, 0.15) is 12.8 Å². The smallest absolute Gasteiger partial charge is 0.220 e. The number of nitrogens with two attached hydrogens (primary N) is 1. The number of carbonyl (C=O) groups excluding carboxylic acids is 1. The van der Waals surface area contributed by atoms with Crippen LogP contribution in [0, 0.1) is 0 Å². The van der Waals surface area contributed by atoms with Crippen molar-refractivity contribution in [3.05, 3.63) is 36.9 Å². The van der Waals surface area contributed by atoms with Crippen molar-refractivity contribution in [1.82, 2.24) is 5.32 Å². The third kappa shape index (κ3) is 5.61. The van der Waals surface area contributed by atoms with E-state index in [0.717, 1.165) is 0 Å². The maximum absolute atomic E-state index is 11.2. The zero-order valence-corrected chi connectivity index (χ0v) is 9.82. The molecule has 4 nitrogen and oxygen atoms in total. The Morgan fingerprint density at radius 2 is 2.35 bits per heavy atom. The van der Waals surface area contributed by atoms with E-state index in [4.69, 9.17) is 10.5 Å². The first-order valence-corrected chi connectivity index (χ1v) is 5.58. The Balaban J connectivity index is 2.16. The second kappa shape index (κ2) is 7.33. The molecule has 0 atom stereocenters. The summed E-state index contributed by atoms with van der Waals surface area (Å²) in [6.45, 7) is 4.49. The largest absolute Gasteiger partial charge is 0.492 e. The molecule has 0 aliphatic carbocycles. The number of carbonyl (C=O) groups is 1. The van der Waals surface area contributed by atoms with Crippen molar-refractivity contribution in [3.8, 4) is 5.75 Å². The lowest BCUT2D eigenvalue weighted by Gasteiger charge is -2.07. The van der Waals surface area contributed by atoms with Crippen LogP contribution in [0.4, 0.5) is 5.69 Å². The summed E-state index contributed by atoms with van der Waals surface area (Å²) < 4.78 is 5.43. The van der Waals surface area contributed by atoms with E-state index < -0.39 is 0 Å². The lowest BCUT2D eigenvalue weighted by atomic mass is 10.3. The number of amides is 1. The zero-order valence-electron chi connectivity index (χ0n) is 9.82. The van der Waals surface area contributed by atoms with Gasteiger partial charge in [-0.05, 0) is 18.6 Å². The maximum atomic E-state index is 11.2. The fraction of sp³-hybridized carbons (Fsp3) is 0.308. The molecule has 0 unspecified atom stereocenters. The highest BCUT2D eigenvalue weighted by molar-refractivity contribution is 5.75. The second-order valence-corrected chi connectivity index (χ2v) is 3.60. The van der Waals surface area contributed by atoms with Crippen LogP contribution >= 0.6 is 0 Å². The van der Waals surface area contributed by atoms with Gasteiger partial charge in [0.1, 0.15) is 12.4 Å². The minimum absolute atomic E-state index is 0.0149. The van der Waals surface area contributed by atoms with E-state index in [-0.39, 0.29) is 5.91 Å². The minimum atomic E-state index is 0.0149. The van der Waals surface area contributed by atoms with Gasteiger partial charge < -0.3 is 15.8 Å². The molecule has 1 aromatic carbocycles. The van der Waals surface area contributed by atoms with Gasteiger partial charge in [0.15, 0.2) is 0 Å². The number of allylic oxidation sites excluding steroid dienone is 1. The van der Waals surface area contributed by atoms with Crippen LogP contribution in [-0.2, 0) is 4.79 Å². The quantitative estimate of drug-likeness (QED) is 0.429. The fourth-order valence-electron chi connectivity index (χ4n) is 1.29. The number of benzene rings is 1. The average molecular weight is 234 g/mol. The van der Waals surface area contributed by atoms with Gasteiger partial charge in [0.05, 0.1) is 6.54 Å². The highest BCUT2D eigenvalue weighted by Crippen LogP contribution is 2.13. The van der Waals surface area contributed by atoms with Gasteiger partial charge >= 0.3 is 0 Å². The summed E-state index contributed by atoms with van der Waals surface area (Å²) >= 11 is 0. The molecule has 0 bridgehead atoms. The predicted molar refractivity (Wildman–Crippen MR) is 68.8 cm³/mol. The molecule has 0 saturated carbocycles. The summed E-state index contributed by atoms with van der Waals surface area (Å²) in [5.41, 5.74) is 6.27. The van der Waals surface area contributed by atoms with Crippen molar-refractivity contribution in [3.63, 3.8) is 0 Å². The molecule has 0 aromatic heterocycles. The summed E-state index contributed by atoms with van der Waals surface area (Å²) in [6, 6.07) is 7.20. The number of nitrogen functional groups attached to an aromatic ring is 1. The lowest BCUT2D eigenvalue weighted by Crippen LogP contribution is -2.27. The third-order valence-electron chi connectivity index (χ3n) is 2.13. The van der Waals surface area contributed by atoms with Crippen molar-refractivity contribution < 1.29 is 9.53 Å². The molecule has 0 aliphatic rings. The van der Waals surface area contributed by atoms with Gasteiger partial charge in [0.25, 0.3) is 0 Å². The van der Waals surface area contributed by atoms with E-state index in [9.17, 15) is 4.79 Å². The van der Waals surface area contributed by atoms with Crippen LogP contribution in [0.25, 0.3) is 0 Å². The maximum Gasteiger partial charge on any atom is 0.220 e. The Morgan fingerprint density at radius 1 is 1.53 bits per heavy atom. The van der Waals surface area contributed by atoms with Crippen molar-refractivity contribution >= 4 is 11.6 Å². The fourth-order valence-corrected chi connectivity index (χ4v) is 1.29. The van der Waals surface area contributed by atoms with Gasteiger partial charge in [-0.15, -0.1) is 6.58 Å². The molecule has 0 aliphatic heterocycles. The Bertz CT molecular complexity index is 377. The molecule has 1 rings (SSSR count). The summed E-state index contributed by atoms with van der Waals surface area (Å²) in [5, 5.41) is 2.76. The number of anilines is 1. The summed E-state index contributed by atoms with van der Waals surface area (Å²) in [6.07, 6.45) is 2.90. The van der Waals surface area contributed by atoms with E-state index in [1.807, 2.05) is 12.1 Å². The van der Waals surface area contributed by atoms with Crippen LogP contribution in [-0.4, -0.2) is 19.1 Å². The molecule has 4 heteroatoms. The molecule has 1 amide bonds. The number of hydrogen-bond donors (Lipinski definition) is 2. The SMILES string of the molecule is C=CCCC(=O)NCCOc1cccc(N)c1. The van der Waals surface area contributed by atoms with E-state index in [1.54, 1.807) is 18.2 Å². The van der Waals surface area contributed by atoms with E-state index in [2.05, 4.69) is 11.9 Å². The minimum Gasteiger partial charge on any atom is -0.492 e. The van der Waals surface area contributed by atoms with Crippen LogP contribution in [0.3, 0.4) is 0 Å². The summed E-state index contributed by atoms with van der Waals surface area (Å²) in [7, 11) is 0. The van der Waals surface area contributed by atoms with Gasteiger partial charge in [-0.3, -0.25) is 4.79 Å². The van der Waals surface area contributed by atoms with Crippen LogP contribution < -0.4 is 15.8 Å². The van der Waals surface area contributed by atoms with E-state index in [1.165, 1.54) is 0 Å². The summed E-state index contributed by atoms with van der Waals surface area (Å²) in [5.74, 6) is 0.728. The zero-order chi connectivity index (χ0) is 12.5. The monoisotopic (exact) mass is 234 g/mol. The van der Waals surface area contributed by atoms with Crippen molar-refractivity contribution in [2.45, 2.75) is 12.8 Å². The van der Waals surface area contributed by atoms with Crippen LogP contribution in [0.2, 0.25) is 0 Å². The molecule has 0 saturated heterocycles. The van der Waals surface area contributed by atoms with Gasteiger partial charge in [-0.1, -0.05) is 12.1 Å². The number of rotatable bonds is 7. The molecule has 3 N–H and O–H groups in total. The Labute approximate surface area is 101 Å². The standard InChI is InChI=1S/C13H18N2O2/c1-2-3-7-13(16)15-8-9-17-12-6-4-5-11(14)10-12/h2,4-6,10H,1,3,7-9,14H2,(H,15,16). The first-order valence-electron chi connectivity index (χ1n) is 5.58. The first kappa shape index (κ1) is 13.1. The molecule has 0 fully saturated rings. The molecule has 92 valence electrons. The molecule has 17 heavy (non-hydrogen) atoms. The average Bonchev–Trinajstić information content (AvgIpc) is 2.32. The highest BCUT2D eigenvalue weighted by Gasteiger charge is 1.99. The molecular formula is C13H18N2O2. The topological polar surface area (TPSA) is 64.3 Å². The lowest BCUT2D eigenvalue weighted by molar-refractivity contribution is -0.121. The normalized spacial score (nSPS) is 9.65. The van der Waals surface area contributed by atoms with Gasteiger partial charge in [0, 0.05) is 18.2 Å². The number of ether oxygens (including phenoxy) is 1. The Morgan fingerprint density at radius 3 is 3.06 bits per heavy atom. The molecule has 0 spiro atoms. The predicted octanol–water partition coefficient (Wildman–Crippen LogP) is 1.73. The Kier molecular flexibility index (Phi) is 5.64. The molecular weight excluding hydrogens is 216 g/mol. The van der Waals surface area contributed by atoms with E-state index >= 15 is 0 Å². The highest BCUT2D eigenvalue weighted by atomic mass is 16.5. The first-order chi connectivity index (χ1) is 8.22. The van der Waals surface area contributed by atoms with Crippen molar-refractivity contribution in [2.75, 3.05) is 18.9 Å². The van der Waals surface area contributed by atoms with Crippen LogP contribution in [0.5, 0.6) is 5.75 Å². The van der Waals surface area contributed by atoms with Gasteiger partial charge in [-0.25, -0.2) is 0 Å². The van der Waals surface area contributed by atoms with Gasteiger partial charge in [-0.2, -0.15) is 0 Å². The molecule has 1 aromatic rings. The third-order valence-corrected chi connectivity index (χ3v) is 2.13. The van der Waals surface area contributed by atoms with Gasteiger partial charge in [0.2, 0.25) is 5.91 Å². The molecule has 0 radical (unpaired) electrons. The van der Waals surface area contributed by atoms with E-state index in [0.29, 0.717) is 37.4 Å². The van der Waals surface area contributed by atoms with Crippen molar-refractivity contribution in [2.24, 2.45) is 0 Å². The number of nitrogens with one attached hydrogen (secondary N) is 1.